The number of likely N-dealkylation sites (tertiary alicyclic amines) is 1. The highest BCUT2D eigenvalue weighted by atomic mass is 16.4. The molecule has 1 saturated heterocycles. The van der Waals surface area contributed by atoms with E-state index in [1.165, 1.54) is 0 Å². The molecule has 1 aliphatic heterocycles. The second-order valence-electron chi connectivity index (χ2n) is 7.43. The molecule has 0 aromatic heterocycles. The van der Waals surface area contributed by atoms with Crippen molar-refractivity contribution in [2.45, 2.75) is 31.2 Å². The Morgan fingerprint density at radius 2 is 1.76 bits per heavy atom. The van der Waals surface area contributed by atoms with Gasteiger partial charge in [-0.2, -0.15) is 5.26 Å². The molecule has 0 spiro atoms. The molecule has 3 rings (SSSR count). The molecule has 2 amide bonds. The second-order valence-corrected chi connectivity index (χ2v) is 7.43. The molecule has 0 aliphatic carbocycles. The van der Waals surface area contributed by atoms with Crippen LogP contribution in [0.25, 0.3) is 0 Å². The molecule has 6 heteroatoms. The van der Waals surface area contributed by atoms with Crippen molar-refractivity contribution >= 4 is 12.0 Å². The van der Waals surface area contributed by atoms with E-state index in [0.29, 0.717) is 25.9 Å². The van der Waals surface area contributed by atoms with E-state index in [1.54, 1.807) is 4.90 Å². The lowest BCUT2D eigenvalue weighted by molar-refractivity contribution is -0.137. The van der Waals surface area contributed by atoms with Crippen molar-refractivity contribution in [3.63, 3.8) is 0 Å². The van der Waals surface area contributed by atoms with Crippen LogP contribution < -0.4 is 5.32 Å². The molecule has 29 heavy (non-hydrogen) atoms. The number of nitrogens with zero attached hydrogens (tertiary/aromatic N) is 2. The van der Waals surface area contributed by atoms with Gasteiger partial charge in [0.25, 0.3) is 0 Å². The fraction of sp³-hybridized carbons (Fsp3) is 0.348. The maximum atomic E-state index is 12.9. The summed E-state index contributed by atoms with van der Waals surface area (Å²) in [5.41, 5.74) is 2.10. The molecule has 1 fully saturated rings. The highest BCUT2D eigenvalue weighted by Gasteiger charge is 2.36. The van der Waals surface area contributed by atoms with Crippen molar-refractivity contribution in [1.29, 1.82) is 5.26 Å². The number of rotatable bonds is 7. The number of hydrogen-bond acceptors (Lipinski definition) is 3. The highest BCUT2D eigenvalue weighted by Crippen LogP contribution is 2.32. The molecule has 2 aromatic rings. The first-order valence-electron chi connectivity index (χ1n) is 9.82. The first-order valence-corrected chi connectivity index (χ1v) is 9.82. The van der Waals surface area contributed by atoms with Gasteiger partial charge < -0.3 is 15.3 Å². The Kier molecular flexibility index (Phi) is 6.85. The van der Waals surface area contributed by atoms with Crippen LogP contribution in [0, 0.1) is 17.2 Å². The van der Waals surface area contributed by atoms with E-state index in [9.17, 15) is 14.9 Å². The molecule has 150 valence electrons. The van der Waals surface area contributed by atoms with Gasteiger partial charge in [-0.1, -0.05) is 60.7 Å². The topological polar surface area (TPSA) is 93.4 Å². The van der Waals surface area contributed by atoms with Crippen LogP contribution in [0.5, 0.6) is 0 Å². The van der Waals surface area contributed by atoms with E-state index in [-0.39, 0.29) is 30.3 Å². The average molecular weight is 391 g/mol. The summed E-state index contributed by atoms with van der Waals surface area (Å²) in [5, 5.41) is 21.6. The standard InChI is InChI=1S/C23H25N3O3/c24-14-19-15-26(16-21(19)18-9-5-2-6-10-18)23(29)25-20(11-12-22(27)28)13-17-7-3-1-4-8-17/h1-10,19-21H,11-13,15-16H2,(H,25,29)(H,27,28)/t19-,20?,21+/m1/s1. The summed E-state index contributed by atoms with van der Waals surface area (Å²) < 4.78 is 0. The van der Waals surface area contributed by atoms with Crippen molar-refractivity contribution in [3.8, 4) is 6.07 Å². The SMILES string of the molecule is N#C[C@@H]1CN(C(=O)NC(CCC(=O)O)Cc2ccccc2)C[C@H]1c1ccccc1. The number of nitriles is 1. The first-order chi connectivity index (χ1) is 14.1. The minimum Gasteiger partial charge on any atom is -0.481 e. The summed E-state index contributed by atoms with van der Waals surface area (Å²) in [6, 6.07) is 21.3. The van der Waals surface area contributed by atoms with Gasteiger partial charge in [-0.3, -0.25) is 4.79 Å². The van der Waals surface area contributed by atoms with Crippen molar-refractivity contribution < 1.29 is 14.7 Å². The van der Waals surface area contributed by atoms with Gasteiger partial charge in [-0.15, -0.1) is 0 Å². The highest BCUT2D eigenvalue weighted by molar-refractivity contribution is 5.75. The lowest BCUT2D eigenvalue weighted by Gasteiger charge is -2.23. The summed E-state index contributed by atoms with van der Waals surface area (Å²) in [4.78, 5) is 25.6. The van der Waals surface area contributed by atoms with Crippen LogP contribution in [-0.4, -0.2) is 41.1 Å². The van der Waals surface area contributed by atoms with Crippen LogP contribution in [-0.2, 0) is 11.2 Å². The molecule has 0 saturated carbocycles. The van der Waals surface area contributed by atoms with Gasteiger partial charge in [0.1, 0.15) is 0 Å². The number of hydrogen-bond donors (Lipinski definition) is 2. The molecule has 1 aliphatic rings. The first kappa shape index (κ1) is 20.4. The minimum atomic E-state index is -0.882. The molecule has 3 atom stereocenters. The fourth-order valence-electron chi connectivity index (χ4n) is 3.83. The number of carboxylic acid groups (broad SMARTS) is 1. The summed E-state index contributed by atoms with van der Waals surface area (Å²) in [6.45, 7) is 0.851. The van der Waals surface area contributed by atoms with Crippen LogP contribution in [0.2, 0.25) is 0 Å². The Bertz CT molecular complexity index is 864. The molecule has 1 unspecified atom stereocenters. The molecular formula is C23H25N3O3. The largest absolute Gasteiger partial charge is 0.481 e. The predicted molar refractivity (Wildman–Crippen MR) is 109 cm³/mol. The van der Waals surface area contributed by atoms with E-state index >= 15 is 0 Å². The van der Waals surface area contributed by atoms with E-state index in [0.717, 1.165) is 11.1 Å². The number of carboxylic acids is 1. The van der Waals surface area contributed by atoms with Crippen LogP contribution in [0.15, 0.2) is 60.7 Å². The molecule has 6 nitrogen and oxygen atoms in total. The number of amides is 2. The van der Waals surface area contributed by atoms with Crippen LogP contribution in [0.3, 0.4) is 0 Å². The Balaban J connectivity index is 1.67. The van der Waals surface area contributed by atoms with Crippen molar-refractivity contribution in [3.05, 3.63) is 71.8 Å². The summed E-state index contributed by atoms with van der Waals surface area (Å²) >= 11 is 0. The lowest BCUT2D eigenvalue weighted by atomic mass is 9.90. The normalized spacial score (nSPS) is 19.3. The molecule has 1 heterocycles. The Morgan fingerprint density at radius 3 is 2.38 bits per heavy atom. The Hall–Kier alpha value is -3.33. The predicted octanol–water partition coefficient (Wildman–Crippen LogP) is 3.41. The third kappa shape index (κ3) is 5.58. The van der Waals surface area contributed by atoms with Gasteiger partial charge in [0.05, 0.1) is 12.0 Å². The fourth-order valence-corrected chi connectivity index (χ4v) is 3.83. The Labute approximate surface area is 170 Å². The van der Waals surface area contributed by atoms with E-state index in [4.69, 9.17) is 5.11 Å². The van der Waals surface area contributed by atoms with Crippen molar-refractivity contribution in [1.82, 2.24) is 10.2 Å². The molecule has 0 bridgehead atoms. The monoisotopic (exact) mass is 391 g/mol. The van der Waals surface area contributed by atoms with Gasteiger partial charge in [0.15, 0.2) is 0 Å². The van der Waals surface area contributed by atoms with Gasteiger partial charge in [0, 0.05) is 31.5 Å². The third-order valence-corrected chi connectivity index (χ3v) is 5.36. The van der Waals surface area contributed by atoms with Gasteiger partial charge in [-0.25, -0.2) is 4.79 Å². The zero-order valence-electron chi connectivity index (χ0n) is 16.2. The maximum Gasteiger partial charge on any atom is 0.317 e. The number of benzene rings is 2. The maximum absolute atomic E-state index is 12.9. The number of carbonyl (C=O) groups excluding carboxylic acids is 1. The third-order valence-electron chi connectivity index (χ3n) is 5.36. The van der Waals surface area contributed by atoms with Gasteiger partial charge in [0.2, 0.25) is 0 Å². The number of nitrogens with one attached hydrogen (secondary N) is 1. The molecule has 2 N–H and O–H groups in total. The molecular weight excluding hydrogens is 366 g/mol. The number of carbonyl (C=O) groups is 2. The van der Waals surface area contributed by atoms with E-state index in [2.05, 4.69) is 11.4 Å². The van der Waals surface area contributed by atoms with E-state index < -0.39 is 5.97 Å². The van der Waals surface area contributed by atoms with Crippen molar-refractivity contribution in [2.75, 3.05) is 13.1 Å². The van der Waals surface area contributed by atoms with Gasteiger partial charge >= 0.3 is 12.0 Å². The Morgan fingerprint density at radius 1 is 1.10 bits per heavy atom. The van der Waals surface area contributed by atoms with Crippen LogP contribution >= 0.6 is 0 Å². The smallest absolute Gasteiger partial charge is 0.317 e. The number of aliphatic carboxylic acids is 1. The zero-order chi connectivity index (χ0) is 20.6. The van der Waals surface area contributed by atoms with E-state index in [1.807, 2.05) is 60.7 Å². The number of urea groups is 1. The average Bonchev–Trinajstić information content (AvgIpc) is 3.18. The van der Waals surface area contributed by atoms with Crippen LogP contribution in [0.1, 0.15) is 29.9 Å². The summed E-state index contributed by atoms with van der Waals surface area (Å²) in [7, 11) is 0. The zero-order valence-corrected chi connectivity index (χ0v) is 16.2. The summed E-state index contributed by atoms with van der Waals surface area (Å²) in [5.74, 6) is -1.15. The lowest BCUT2D eigenvalue weighted by Crippen LogP contribution is -2.45. The van der Waals surface area contributed by atoms with Gasteiger partial charge in [-0.05, 0) is 24.0 Å². The molecule has 0 radical (unpaired) electrons. The van der Waals surface area contributed by atoms with Crippen LogP contribution in [0.4, 0.5) is 4.79 Å². The molecule has 2 aromatic carbocycles. The second kappa shape index (κ2) is 9.74. The minimum absolute atomic E-state index is 0.00869. The van der Waals surface area contributed by atoms with Crippen molar-refractivity contribution in [2.24, 2.45) is 5.92 Å². The summed E-state index contributed by atoms with van der Waals surface area (Å²) in [6.07, 6.45) is 0.913. The quantitative estimate of drug-likeness (QED) is 0.756.